The highest BCUT2D eigenvalue weighted by molar-refractivity contribution is 5.21. The molecular weight excluding hydrogens is 198 g/mol. The summed E-state index contributed by atoms with van der Waals surface area (Å²) in [5.41, 5.74) is 1.45. The largest absolute Gasteiger partial charge is 0.384 e. The van der Waals surface area contributed by atoms with Crippen LogP contribution in [0.2, 0.25) is 0 Å². The molecule has 0 N–H and O–H groups in total. The summed E-state index contributed by atoms with van der Waals surface area (Å²) >= 11 is 0. The molecule has 0 aromatic heterocycles. The maximum absolute atomic E-state index is 5.35. The van der Waals surface area contributed by atoms with Crippen LogP contribution >= 0.6 is 0 Å². The van der Waals surface area contributed by atoms with Gasteiger partial charge < -0.3 is 9.64 Å². The van der Waals surface area contributed by atoms with Gasteiger partial charge >= 0.3 is 0 Å². The number of nitrogens with zero attached hydrogens (tertiary/aromatic N) is 1. The van der Waals surface area contributed by atoms with Gasteiger partial charge in [0.25, 0.3) is 0 Å². The number of piperidine rings is 1. The van der Waals surface area contributed by atoms with Crippen LogP contribution in [-0.2, 0) is 4.74 Å². The normalized spacial score (nSPS) is 26.9. The van der Waals surface area contributed by atoms with E-state index in [-0.39, 0.29) is 0 Å². The molecule has 2 heteroatoms. The molecule has 1 aliphatic rings. The zero-order valence-electron chi connectivity index (χ0n) is 10.2. The summed E-state index contributed by atoms with van der Waals surface area (Å²) in [6, 6.07) is 10.8. The van der Waals surface area contributed by atoms with E-state index in [2.05, 4.69) is 42.3 Å². The molecule has 1 aromatic carbocycles. The first-order valence-corrected chi connectivity index (χ1v) is 6.03. The zero-order chi connectivity index (χ0) is 11.4. The minimum absolute atomic E-state index is 0.625. The van der Waals surface area contributed by atoms with Crippen molar-refractivity contribution in [1.82, 2.24) is 4.90 Å². The standard InChI is InChI=1S/C14H21NO/c1-15-9-8-13(11-16-2)14(10-15)12-6-4-3-5-7-12/h3-7,13-14H,8-11H2,1-2H3/t13-,14-/m1/s1. The fourth-order valence-electron chi connectivity index (χ4n) is 2.65. The molecule has 0 aliphatic carbocycles. The van der Waals surface area contributed by atoms with Gasteiger partial charge in [-0.15, -0.1) is 0 Å². The second-order valence-electron chi connectivity index (χ2n) is 4.78. The average molecular weight is 219 g/mol. The summed E-state index contributed by atoms with van der Waals surface area (Å²) in [7, 11) is 4.01. The van der Waals surface area contributed by atoms with Crippen molar-refractivity contribution in [3.8, 4) is 0 Å². The Balaban J connectivity index is 2.14. The van der Waals surface area contributed by atoms with E-state index in [9.17, 15) is 0 Å². The third kappa shape index (κ3) is 2.63. The van der Waals surface area contributed by atoms with Crippen molar-refractivity contribution in [3.05, 3.63) is 35.9 Å². The first-order chi connectivity index (χ1) is 7.81. The van der Waals surface area contributed by atoms with E-state index in [1.165, 1.54) is 18.5 Å². The minimum Gasteiger partial charge on any atom is -0.384 e. The molecule has 1 aliphatic heterocycles. The highest BCUT2D eigenvalue weighted by Crippen LogP contribution is 2.31. The van der Waals surface area contributed by atoms with Gasteiger partial charge in [0, 0.05) is 26.2 Å². The van der Waals surface area contributed by atoms with E-state index < -0.39 is 0 Å². The van der Waals surface area contributed by atoms with Crippen LogP contribution in [0.4, 0.5) is 0 Å². The Morgan fingerprint density at radius 1 is 1.31 bits per heavy atom. The Kier molecular flexibility index (Phi) is 3.97. The summed E-state index contributed by atoms with van der Waals surface area (Å²) in [6.07, 6.45) is 1.24. The SMILES string of the molecule is COC[C@H]1CCN(C)C[C@@H]1c1ccccc1. The molecule has 0 unspecified atom stereocenters. The van der Waals surface area contributed by atoms with Gasteiger partial charge in [-0.1, -0.05) is 30.3 Å². The lowest BCUT2D eigenvalue weighted by Crippen LogP contribution is -2.38. The van der Waals surface area contributed by atoms with E-state index in [1.54, 1.807) is 7.11 Å². The smallest absolute Gasteiger partial charge is 0.0497 e. The molecule has 0 spiro atoms. The molecule has 2 rings (SSSR count). The van der Waals surface area contributed by atoms with Crippen molar-refractivity contribution in [2.75, 3.05) is 33.9 Å². The molecule has 1 saturated heterocycles. The minimum atomic E-state index is 0.625. The number of likely N-dealkylation sites (N-methyl/N-ethyl adjacent to an activating group) is 1. The van der Waals surface area contributed by atoms with Crippen molar-refractivity contribution in [2.24, 2.45) is 5.92 Å². The average Bonchev–Trinajstić information content (AvgIpc) is 2.33. The van der Waals surface area contributed by atoms with E-state index in [0.29, 0.717) is 11.8 Å². The van der Waals surface area contributed by atoms with E-state index in [0.717, 1.165) is 13.2 Å². The Hall–Kier alpha value is -0.860. The number of ether oxygens (including phenoxy) is 1. The Morgan fingerprint density at radius 2 is 2.06 bits per heavy atom. The third-order valence-corrected chi connectivity index (χ3v) is 3.57. The fraction of sp³-hybridized carbons (Fsp3) is 0.571. The van der Waals surface area contributed by atoms with Crippen molar-refractivity contribution in [2.45, 2.75) is 12.3 Å². The van der Waals surface area contributed by atoms with E-state index in [1.807, 2.05) is 0 Å². The first-order valence-electron chi connectivity index (χ1n) is 6.03. The van der Waals surface area contributed by atoms with Crippen LogP contribution in [0.15, 0.2) is 30.3 Å². The van der Waals surface area contributed by atoms with Crippen molar-refractivity contribution in [3.63, 3.8) is 0 Å². The lowest BCUT2D eigenvalue weighted by atomic mass is 9.81. The monoisotopic (exact) mass is 219 g/mol. The van der Waals surface area contributed by atoms with Crippen LogP contribution < -0.4 is 0 Å². The second kappa shape index (κ2) is 5.46. The van der Waals surface area contributed by atoms with Gasteiger partial charge in [-0.2, -0.15) is 0 Å². The molecule has 0 radical (unpaired) electrons. The maximum Gasteiger partial charge on any atom is 0.0497 e. The highest BCUT2D eigenvalue weighted by Gasteiger charge is 2.28. The number of hydrogen-bond donors (Lipinski definition) is 0. The molecule has 1 aromatic rings. The summed E-state index contributed by atoms with van der Waals surface area (Å²) in [5.74, 6) is 1.29. The molecule has 1 fully saturated rings. The summed E-state index contributed by atoms with van der Waals surface area (Å²) in [4.78, 5) is 2.42. The molecule has 2 nitrogen and oxygen atoms in total. The molecule has 0 bridgehead atoms. The molecule has 2 atom stereocenters. The molecule has 1 heterocycles. The fourth-order valence-corrected chi connectivity index (χ4v) is 2.65. The number of methoxy groups -OCH3 is 1. The van der Waals surface area contributed by atoms with Crippen LogP contribution in [0.1, 0.15) is 17.9 Å². The van der Waals surface area contributed by atoms with E-state index >= 15 is 0 Å². The van der Waals surface area contributed by atoms with Crippen LogP contribution in [0.25, 0.3) is 0 Å². The first kappa shape index (κ1) is 11.6. The number of likely N-dealkylation sites (tertiary alicyclic amines) is 1. The predicted octanol–water partition coefficient (Wildman–Crippen LogP) is 2.37. The Morgan fingerprint density at radius 3 is 2.75 bits per heavy atom. The third-order valence-electron chi connectivity index (χ3n) is 3.57. The number of hydrogen-bond acceptors (Lipinski definition) is 2. The summed E-state index contributed by atoms with van der Waals surface area (Å²) in [5, 5.41) is 0. The zero-order valence-corrected chi connectivity index (χ0v) is 10.2. The van der Waals surface area contributed by atoms with Crippen LogP contribution in [0.5, 0.6) is 0 Å². The van der Waals surface area contributed by atoms with Crippen molar-refractivity contribution < 1.29 is 4.74 Å². The highest BCUT2D eigenvalue weighted by atomic mass is 16.5. The maximum atomic E-state index is 5.35. The van der Waals surface area contributed by atoms with Gasteiger partial charge in [-0.3, -0.25) is 0 Å². The van der Waals surface area contributed by atoms with Gasteiger partial charge in [0.15, 0.2) is 0 Å². The summed E-state index contributed by atoms with van der Waals surface area (Å²) < 4.78 is 5.35. The van der Waals surface area contributed by atoms with Gasteiger partial charge in [0.2, 0.25) is 0 Å². The molecule has 16 heavy (non-hydrogen) atoms. The number of rotatable bonds is 3. The second-order valence-corrected chi connectivity index (χ2v) is 4.78. The van der Waals surface area contributed by atoms with Crippen molar-refractivity contribution in [1.29, 1.82) is 0 Å². The van der Waals surface area contributed by atoms with Crippen LogP contribution in [0, 0.1) is 5.92 Å². The van der Waals surface area contributed by atoms with Gasteiger partial charge in [-0.25, -0.2) is 0 Å². The molecule has 0 amide bonds. The van der Waals surface area contributed by atoms with Gasteiger partial charge in [0.05, 0.1) is 0 Å². The molecule has 88 valence electrons. The Bertz CT molecular complexity index is 312. The van der Waals surface area contributed by atoms with Gasteiger partial charge in [0.1, 0.15) is 0 Å². The lowest BCUT2D eigenvalue weighted by molar-refractivity contribution is 0.0920. The van der Waals surface area contributed by atoms with Gasteiger partial charge in [-0.05, 0) is 31.5 Å². The quantitative estimate of drug-likeness (QED) is 0.774. The van der Waals surface area contributed by atoms with Crippen LogP contribution in [0.3, 0.4) is 0 Å². The van der Waals surface area contributed by atoms with E-state index in [4.69, 9.17) is 4.74 Å². The van der Waals surface area contributed by atoms with Crippen molar-refractivity contribution >= 4 is 0 Å². The topological polar surface area (TPSA) is 12.5 Å². The van der Waals surface area contributed by atoms with Crippen LogP contribution in [-0.4, -0.2) is 38.8 Å². The summed E-state index contributed by atoms with van der Waals surface area (Å²) in [6.45, 7) is 3.23. The lowest BCUT2D eigenvalue weighted by Gasteiger charge is -2.36. The number of benzene rings is 1. The molecular formula is C14H21NO. The predicted molar refractivity (Wildman–Crippen MR) is 66.7 cm³/mol. The molecule has 0 saturated carbocycles. The Labute approximate surface area is 98.2 Å².